The first-order valence-corrected chi connectivity index (χ1v) is 5.13. The number of hydrogen-bond donors (Lipinski definition) is 2. The molecule has 1 aromatic rings. The van der Waals surface area contributed by atoms with Crippen LogP contribution in [0.2, 0.25) is 0 Å². The zero-order valence-electron chi connectivity index (χ0n) is 8.24. The Morgan fingerprint density at radius 3 is 2.71 bits per heavy atom. The summed E-state index contributed by atoms with van der Waals surface area (Å²) in [5.74, 6) is 0. The molecular weight excluding hydrogens is 176 g/mol. The highest BCUT2D eigenvalue weighted by Gasteiger charge is 2.19. The summed E-state index contributed by atoms with van der Waals surface area (Å²) in [5.41, 5.74) is 1.14. The van der Waals surface area contributed by atoms with Crippen molar-refractivity contribution >= 4 is 0 Å². The number of nitrogens with one attached hydrogen (secondary N) is 2. The largest absolute Gasteiger partial charge is 0.313 e. The van der Waals surface area contributed by atoms with Crippen LogP contribution in [0.3, 0.4) is 0 Å². The molecule has 1 aromatic heterocycles. The minimum Gasteiger partial charge on any atom is -0.313 e. The smallest absolute Gasteiger partial charge is 0.115 e. The van der Waals surface area contributed by atoms with Crippen molar-refractivity contribution in [3.8, 4) is 0 Å². The van der Waals surface area contributed by atoms with Gasteiger partial charge in [-0.15, -0.1) is 0 Å². The molecule has 0 unspecified atom stereocenters. The topological polar surface area (TPSA) is 49.8 Å². The van der Waals surface area contributed by atoms with Gasteiger partial charge in [-0.05, 0) is 12.8 Å². The summed E-state index contributed by atoms with van der Waals surface area (Å²) < 4.78 is 0. The van der Waals surface area contributed by atoms with E-state index in [1.165, 1.54) is 12.8 Å². The Bertz CT molecular complexity index is 258. The first-order valence-electron chi connectivity index (χ1n) is 5.13. The molecule has 1 aliphatic rings. The monoisotopic (exact) mass is 192 g/mol. The van der Waals surface area contributed by atoms with E-state index in [4.69, 9.17) is 0 Å². The average Bonchev–Trinajstić information content (AvgIpc) is 3.03. The molecule has 4 nitrogen and oxygen atoms in total. The highest BCUT2D eigenvalue weighted by atomic mass is 15.0. The van der Waals surface area contributed by atoms with Crippen LogP contribution >= 0.6 is 0 Å². The van der Waals surface area contributed by atoms with E-state index in [-0.39, 0.29) is 0 Å². The van der Waals surface area contributed by atoms with Gasteiger partial charge in [-0.3, -0.25) is 0 Å². The lowest BCUT2D eigenvalue weighted by Gasteiger charge is -2.04. The predicted octanol–water partition coefficient (Wildman–Crippen LogP) is 0.318. The minimum atomic E-state index is 0.803. The predicted molar refractivity (Wildman–Crippen MR) is 54.8 cm³/mol. The summed E-state index contributed by atoms with van der Waals surface area (Å²) in [6, 6.07) is 0.803. The summed E-state index contributed by atoms with van der Waals surface area (Å²) in [6.07, 6.45) is 7.94. The summed E-state index contributed by atoms with van der Waals surface area (Å²) in [4.78, 5) is 7.91. The molecule has 1 saturated carbocycles. The van der Waals surface area contributed by atoms with Gasteiger partial charge in [0.2, 0.25) is 0 Å². The van der Waals surface area contributed by atoms with E-state index in [0.29, 0.717) is 0 Å². The van der Waals surface area contributed by atoms with Crippen LogP contribution < -0.4 is 10.6 Å². The highest BCUT2D eigenvalue weighted by molar-refractivity contribution is 5.01. The Morgan fingerprint density at radius 1 is 1.21 bits per heavy atom. The quantitative estimate of drug-likeness (QED) is 0.637. The van der Waals surface area contributed by atoms with Crippen LogP contribution in [-0.2, 0) is 6.54 Å². The van der Waals surface area contributed by atoms with Crippen molar-refractivity contribution < 1.29 is 0 Å². The molecule has 2 rings (SSSR count). The molecule has 0 radical (unpaired) electrons. The molecule has 14 heavy (non-hydrogen) atoms. The van der Waals surface area contributed by atoms with Crippen LogP contribution in [0.1, 0.15) is 18.4 Å². The van der Waals surface area contributed by atoms with Gasteiger partial charge in [-0.2, -0.15) is 0 Å². The van der Waals surface area contributed by atoms with Gasteiger partial charge < -0.3 is 10.6 Å². The van der Waals surface area contributed by atoms with Gasteiger partial charge in [0.25, 0.3) is 0 Å². The van der Waals surface area contributed by atoms with Crippen molar-refractivity contribution in [3.05, 3.63) is 24.3 Å². The van der Waals surface area contributed by atoms with Crippen LogP contribution in [0, 0.1) is 0 Å². The van der Waals surface area contributed by atoms with Crippen molar-refractivity contribution in [3.63, 3.8) is 0 Å². The zero-order valence-corrected chi connectivity index (χ0v) is 8.24. The fourth-order valence-electron chi connectivity index (χ4n) is 1.31. The third-order valence-corrected chi connectivity index (χ3v) is 2.26. The van der Waals surface area contributed by atoms with Crippen molar-refractivity contribution in [2.75, 3.05) is 13.1 Å². The van der Waals surface area contributed by atoms with Gasteiger partial charge in [-0.1, -0.05) is 0 Å². The normalized spacial score (nSPS) is 15.7. The standard InChI is InChI=1S/C10H16N4/c1-2-10(1)14-4-3-11-5-9-6-12-8-13-7-9/h6-8,10-11,14H,1-5H2. The molecule has 0 aliphatic heterocycles. The Balaban J connectivity index is 1.54. The molecule has 0 spiro atoms. The van der Waals surface area contributed by atoms with Gasteiger partial charge in [0, 0.05) is 43.6 Å². The fourth-order valence-corrected chi connectivity index (χ4v) is 1.31. The van der Waals surface area contributed by atoms with Gasteiger partial charge in [-0.25, -0.2) is 9.97 Å². The maximum atomic E-state index is 3.96. The molecule has 1 fully saturated rings. The van der Waals surface area contributed by atoms with E-state index >= 15 is 0 Å². The van der Waals surface area contributed by atoms with E-state index in [0.717, 1.165) is 31.2 Å². The summed E-state index contributed by atoms with van der Waals surface area (Å²) >= 11 is 0. The lowest BCUT2D eigenvalue weighted by atomic mass is 10.3. The van der Waals surface area contributed by atoms with E-state index < -0.39 is 0 Å². The second-order valence-corrected chi connectivity index (χ2v) is 3.65. The lowest BCUT2D eigenvalue weighted by Crippen LogP contribution is -2.28. The average molecular weight is 192 g/mol. The van der Waals surface area contributed by atoms with Crippen LogP contribution in [0.15, 0.2) is 18.7 Å². The van der Waals surface area contributed by atoms with E-state index in [9.17, 15) is 0 Å². The summed E-state index contributed by atoms with van der Waals surface area (Å²) in [6.45, 7) is 2.91. The first kappa shape index (κ1) is 9.55. The first-order chi connectivity index (χ1) is 6.95. The molecule has 4 heteroatoms. The molecular formula is C10H16N4. The van der Waals surface area contributed by atoms with Gasteiger partial charge in [0.05, 0.1) is 0 Å². The molecule has 1 aliphatic carbocycles. The number of hydrogen-bond acceptors (Lipinski definition) is 4. The number of rotatable bonds is 6. The van der Waals surface area contributed by atoms with Crippen molar-refractivity contribution in [1.82, 2.24) is 20.6 Å². The molecule has 0 aromatic carbocycles. The molecule has 0 saturated heterocycles. The lowest BCUT2D eigenvalue weighted by molar-refractivity contribution is 0.607. The number of nitrogens with zero attached hydrogens (tertiary/aromatic N) is 2. The van der Waals surface area contributed by atoms with Crippen LogP contribution in [0.5, 0.6) is 0 Å². The van der Waals surface area contributed by atoms with Crippen molar-refractivity contribution in [1.29, 1.82) is 0 Å². The van der Waals surface area contributed by atoms with Gasteiger partial charge >= 0.3 is 0 Å². The Hall–Kier alpha value is -1.00. The molecule has 2 N–H and O–H groups in total. The second-order valence-electron chi connectivity index (χ2n) is 3.65. The third kappa shape index (κ3) is 3.40. The molecule has 0 bridgehead atoms. The van der Waals surface area contributed by atoms with Crippen molar-refractivity contribution in [2.24, 2.45) is 0 Å². The van der Waals surface area contributed by atoms with E-state index in [1.54, 1.807) is 6.33 Å². The van der Waals surface area contributed by atoms with Crippen LogP contribution in [-0.4, -0.2) is 29.1 Å². The van der Waals surface area contributed by atoms with Crippen LogP contribution in [0.25, 0.3) is 0 Å². The van der Waals surface area contributed by atoms with Crippen molar-refractivity contribution in [2.45, 2.75) is 25.4 Å². The van der Waals surface area contributed by atoms with E-state index in [1.807, 2.05) is 12.4 Å². The Morgan fingerprint density at radius 2 is 2.00 bits per heavy atom. The summed E-state index contributed by atoms with van der Waals surface area (Å²) in [7, 11) is 0. The molecule has 1 heterocycles. The summed E-state index contributed by atoms with van der Waals surface area (Å²) in [5, 5.41) is 6.79. The highest BCUT2D eigenvalue weighted by Crippen LogP contribution is 2.17. The third-order valence-electron chi connectivity index (χ3n) is 2.26. The van der Waals surface area contributed by atoms with Crippen LogP contribution in [0.4, 0.5) is 0 Å². The maximum Gasteiger partial charge on any atom is 0.115 e. The number of aromatic nitrogens is 2. The maximum absolute atomic E-state index is 3.96. The SMILES string of the molecule is c1ncc(CNCCNC2CC2)cn1. The zero-order chi connectivity index (χ0) is 9.64. The minimum absolute atomic E-state index is 0.803. The second kappa shape index (κ2) is 5.02. The Labute approximate surface area is 84.2 Å². The van der Waals surface area contributed by atoms with Gasteiger partial charge in [0.15, 0.2) is 0 Å². The van der Waals surface area contributed by atoms with E-state index in [2.05, 4.69) is 20.6 Å². The molecule has 76 valence electrons. The fraction of sp³-hybridized carbons (Fsp3) is 0.600. The molecule has 0 atom stereocenters. The Kier molecular flexibility index (Phi) is 3.43. The van der Waals surface area contributed by atoms with Gasteiger partial charge in [0.1, 0.15) is 6.33 Å². The molecule has 0 amide bonds.